The molecule has 0 spiro atoms. The quantitative estimate of drug-likeness (QED) is 0.535. The van der Waals surface area contributed by atoms with E-state index < -0.39 is 9.84 Å². The van der Waals surface area contributed by atoms with E-state index in [0.29, 0.717) is 23.8 Å². The van der Waals surface area contributed by atoms with E-state index in [1.165, 1.54) is 0 Å². The highest BCUT2D eigenvalue weighted by atomic mass is 32.2. The summed E-state index contributed by atoms with van der Waals surface area (Å²) in [5, 5.41) is 2.74. The Morgan fingerprint density at radius 1 is 1.03 bits per heavy atom. The maximum atomic E-state index is 12.4. The van der Waals surface area contributed by atoms with Gasteiger partial charge in [-0.1, -0.05) is 31.5 Å². The monoisotopic (exact) mass is 448 g/mol. The Balaban J connectivity index is 1.96. The lowest BCUT2D eigenvalue weighted by atomic mass is 10.2. The molecule has 0 unspecified atom stereocenters. The standard InChI is InChI=1S/C23H32N2O5S/c1-5-25(6-2)14-15-30-22-17-19(9-12-21(22)29-4)24-23(26)13-16-31(27,28)20-10-7-18(3)8-11-20/h7-12,17H,5-6,13-16H2,1-4H3,(H,24,26). The summed E-state index contributed by atoms with van der Waals surface area (Å²) in [5.74, 6) is 0.458. The molecule has 0 atom stereocenters. The van der Waals surface area contributed by atoms with Crippen LogP contribution in [0.25, 0.3) is 0 Å². The van der Waals surface area contributed by atoms with Gasteiger partial charge in [-0.3, -0.25) is 4.79 Å². The largest absolute Gasteiger partial charge is 0.493 e. The molecule has 1 amide bonds. The molecule has 0 aliphatic heterocycles. The topological polar surface area (TPSA) is 84.9 Å². The van der Waals surface area contributed by atoms with Crippen molar-refractivity contribution in [2.75, 3.05) is 44.4 Å². The molecule has 1 N–H and O–H groups in total. The summed E-state index contributed by atoms with van der Waals surface area (Å²) in [7, 11) is -1.96. The number of hydrogen-bond donors (Lipinski definition) is 1. The Bertz CT molecular complexity index is 954. The molecule has 0 aliphatic rings. The molecule has 0 bridgehead atoms. The molecule has 2 aromatic carbocycles. The zero-order valence-electron chi connectivity index (χ0n) is 18.7. The van der Waals surface area contributed by atoms with Crippen LogP contribution in [0.15, 0.2) is 47.4 Å². The number of rotatable bonds is 12. The van der Waals surface area contributed by atoms with Crippen LogP contribution < -0.4 is 14.8 Å². The molecule has 8 heteroatoms. The van der Waals surface area contributed by atoms with Crippen molar-refractivity contribution in [3.05, 3.63) is 48.0 Å². The van der Waals surface area contributed by atoms with Gasteiger partial charge in [0, 0.05) is 24.7 Å². The highest BCUT2D eigenvalue weighted by Gasteiger charge is 2.17. The molecule has 0 heterocycles. The minimum Gasteiger partial charge on any atom is -0.493 e. The molecular formula is C23H32N2O5S. The summed E-state index contributed by atoms with van der Waals surface area (Å²) in [4.78, 5) is 14.8. The lowest BCUT2D eigenvalue weighted by molar-refractivity contribution is -0.115. The van der Waals surface area contributed by atoms with Crippen LogP contribution in [-0.4, -0.2) is 58.3 Å². The van der Waals surface area contributed by atoms with E-state index in [4.69, 9.17) is 9.47 Å². The van der Waals surface area contributed by atoms with E-state index in [0.717, 1.165) is 25.2 Å². The van der Waals surface area contributed by atoms with Gasteiger partial charge in [-0.05, 0) is 44.3 Å². The van der Waals surface area contributed by atoms with E-state index >= 15 is 0 Å². The Labute approximate surface area is 185 Å². The number of carbonyl (C=O) groups is 1. The average Bonchev–Trinajstić information content (AvgIpc) is 2.76. The van der Waals surface area contributed by atoms with Crippen molar-refractivity contribution >= 4 is 21.4 Å². The first kappa shape index (κ1) is 24.7. The van der Waals surface area contributed by atoms with Crippen molar-refractivity contribution < 1.29 is 22.7 Å². The first-order chi connectivity index (χ1) is 14.8. The maximum Gasteiger partial charge on any atom is 0.225 e. The minimum absolute atomic E-state index is 0.139. The van der Waals surface area contributed by atoms with E-state index in [1.54, 1.807) is 49.6 Å². The molecule has 0 fully saturated rings. The fourth-order valence-corrected chi connectivity index (χ4v) is 4.25. The van der Waals surface area contributed by atoms with Gasteiger partial charge in [0.05, 0.1) is 17.8 Å². The summed E-state index contributed by atoms with van der Waals surface area (Å²) in [6.45, 7) is 9.24. The number of amides is 1. The van der Waals surface area contributed by atoms with Gasteiger partial charge in [0.15, 0.2) is 21.3 Å². The van der Waals surface area contributed by atoms with Crippen LogP contribution in [0, 0.1) is 6.92 Å². The predicted molar refractivity (Wildman–Crippen MR) is 123 cm³/mol. The number of nitrogens with zero attached hydrogens (tertiary/aromatic N) is 1. The Kier molecular flexibility index (Phi) is 9.33. The van der Waals surface area contributed by atoms with Gasteiger partial charge in [0.1, 0.15) is 6.61 Å². The second-order valence-corrected chi connectivity index (χ2v) is 9.28. The van der Waals surface area contributed by atoms with Crippen LogP contribution in [0.5, 0.6) is 11.5 Å². The van der Waals surface area contributed by atoms with Crippen LogP contribution in [0.3, 0.4) is 0 Å². The maximum absolute atomic E-state index is 12.4. The van der Waals surface area contributed by atoms with Gasteiger partial charge in [-0.25, -0.2) is 8.42 Å². The number of nitrogens with one attached hydrogen (secondary N) is 1. The summed E-state index contributed by atoms with van der Waals surface area (Å²) in [6.07, 6.45) is -0.139. The van der Waals surface area contributed by atoms with Crippen LogP contribution in [0.4, 0.5) is 5.69 Å². The lowest BCUT2D eigenvalue weighted by Gasteiger charge is -2.19. The fraction of sp³-hybridized carbons (Fsp3) is 0.435. The van der Waals surface area contributed by atoms with Gasteiger partial charge >= 0.3 is 0 Å². The summed E-state index contributed by atoms with van der Waals surface area (Å²) in [6, 6.07) is 11.7. The van der Waals surface area contributed by atoms with Crippen molar-refractivity contribution in [2.24, 2.45) is 0 Å². The number of hydrogen-bond acceptors (Lipinski definition) is 6. The van der Waals surface area contributed by atoms with Crippen molar-refractivity contribution in [2.45, 2.75) is 32.1 Å². The third-order valence-corrected chi connectivity index (χ3v) is 6.72. The number of likely N-dealkylation sites (N-methyl/N-ethyl adjacent to an activating group) is 1. The van der Waals surface area contributed by atoms with Gasteiger partial charge in [-0.2, -0.15) is 0 Å². The second-order valence-electron chi connectivity index (χ2n) is 7.17. The van der Waals surface area contributed by atoms with Crippen molar-refractivity contribution in [1.29, 1.82) is 0 Å². The van der Waals surface area contributed by atoms with E-state index in [2.05, 4.69) is 24.1 Å². The first-order valence-corrected chi connectivity index (χ1v) is 12.1. The van der Waals surface area contributed by atoms with Crippen LogP contribution in [-0.2, 0) is 14.6 Å². The summed E-state index contributed by atoms with van der Waals surface area (Å²) in [5.41, 5.74) is 1.50. The molecule has 2 aromatic rings. The molecule has 31 heavy (non-hydrogen) atoms. The number of benzene rings is 2. The highest BCUT2D eigenvalue weighted by Crippen LogP contribution is 2.30. The third kappa shape index (κ3) is 7.56. The van der Waals surface area contributed by atoms with Gasteiger partial charge < -0.3 is 19.7 Å². The summed E-state index contributed by atoms with van der Waals surface area (Å²) < 4.78 is 36.1. The predicted octanol–water partition coefficient (Wildman–Crippen LogP) is 3.53. The minimum atomic E-state index is -3.52. The molecule has 0 aromatic heterocycles. The lowest BCUT2D eigenvalue weighted by Crippen LogP contribution is -2.28. The second kappa shape index (κ2) is 11.7. The van der Waals surface area contributed by atoms with Gasteiger partial charge in [0.2, 0.25) is 5.91 Å². The molecule has 2 rings (SSSR count). The Morgan fingerprint density at radius 2 is 1.71 bits per heavy atom. The average molecular weight is 449 g/mol. The zero-order valence-corrected chi connectivity index (χ0v) is 19.5. The van der Waals surface area contributed by atoms with Crippen molar-refractivity contribution in [1.82, 2.24) is 4.90 Å². The van der Waals surface area contributed by atoms with Crippen molar-refractivity contribution in [3.63, 3.8) is 0 Å². The number of methoxy groups -OCH3 is 1. The van der Waals surface area contributed by atoms with Gasteiger partial charge in [0.25, 0.3) is 0 Å². The zero-order chi connectivity index (χ0) is 22.9. The number of sulfone groups is 1. The first-order valence-electron chi connectivity index (χ1n) is 10.4. The molecule has 170 valence electrons. The normalized spacial score (nSPS) is 11.4. The summed E-state index contributed by atoms with van der Waals surface area (Å²) >= 11 is 0. The van der Waals surface area contributed by atoms with Crippen molar-refractivity contribution in [3.8, 4) is 11.5 Å². The highest BCUT2D eigenvalue weighted by molar-refractivity contribution is 7.91. The Morgan fingerprint density at radius 3 is 2.32 bits per heavy atom. The molecule has 0 aliphatic carbocycles. The van der Waals surface area contributed by atoms with Crippen LogP contribution in [0.2, 0.25) is 0 Å². The fourth-order valence-electron chi connectivity index (χ4n) is 3.01. The molecule has 7 nitrogen and oxygen atoms in total. The van der Waals surface area contributed by atoms with E-state index in [-0.39, 0.29) is 23.0 Å². The van der Waals surface area contributed by atoms with Crippen LogP contribution in [0.1, 0.15) is 25.8 Å². The van der Waals surface area contributed by atoms with Crippen LogP contribution >= 0.6 is 0 Å². The number of carbonyl (C=O) groups excluding carboxylic acids is 1. The molecular weight excluding hydrogens is 416 g/mol. The van der Waals surface area contributed by atoms with E-state index in [1.807, 2.05) is 6.92 Å². The SMILES string of the molecule is CCN(CC)CCOc1cc(NC(=O)CCS(=O)(=O)c2ccc(C)cc2)ccc1OC. The third-order valence-electron chi connectivity index (χ3n) is 4.98. The number of anilines is 1. The molecule has 0 saturated heterocycles. The number of ether oxygens (including phenoxy) is 2. The van der Waals surface area contributed by atoms with Gasteiger partial charge in [-0.15, -0.1) is 0 Å². The smallest absolute Gasteiger partial charge is 0.225 e. The number of aryl methyl sites for hydroxylation is 1. The van der Waals surface area contributed by atoms with E-state index in [9.17, 15) is 13.2 Å². The Hall–Kier alpha value is -2.58. The molecule has 0 radical (unpaired) electrons. The molecule has 0 saturated carbocycles.